The molecule has 0 bridgehead atoms. The molecule has 0 heterocycles. The maximum Gasteiger partial charge on any atom is 0.302 e. The van der Waals surface area contributed by atoms with Crippen LogP contribution in [0.3, 0.4) is 0 Å². The summed E-state index contributed by atoms with van der Waals surface area (Å²) in [4.78, 5) is 22.0. The Labute approximate surface area is 144 Å². The molecule has 0 spiro atoms. The molecule has 5 nitrogen and oxygen atoms in total. The van der Waals surface area contributed by atoms with Crippen molar-refractivity contribution in [1.82, 2.24) is 0 Å². The van der Waals surface area contributed by atoms with E-state index < -0.39 is 11.0 Å². The number of carbonyl (C=O) groups excluding carboxylic acids is 2. The van der Waals surface area contributed by atoms with E-state index in [1.165, 1.54) is 13.8 Å². The number of ether oxygens (including phenoxy) is 2. The number of esters is 2. The molecular weight excluding hydrogens is 308 g/mol. The van der Waals surface area contributed by atoms with E-state index >= 15 is 0 Å². The minimum Gasteiger partial charge on any atom is -0.463 e. The normalized spacial score (nSPS) is 29.2. The molecule has 1 fully saturated rings. The molecule has 1 N–H and O–H groups in total. The number of carbonyl (C=O) groups is 2. The average Bonchev–Trinajstić information content (AvgIpc) is 2.41. The minimum absolute atomic E-state index is 0.139. The zero-order valence-corrected chi connectivity index (χ0v) is 15.4. The van der Waals surface area contributed by atoms with E-state index in [4.69, 9.17) is 9.47 Å². The van der Waals surface area contributed by atoms with Crippen LogP contribution < -0.4 is 0 Å². The van der Waals surface area contributed by atoms with Gasteiger partial charge in [-0.1, -0.05) is 32.6 Å². The van der Waals surface area contributed by atoms with Crippen molar-refractivity contribution in [2.45, 2.75) is 66.1 Å². The first-order chi connectivity index (χ1) is 11.0. The molecule has 1 aliphatic carbocycles. The molecular formula is C19H28O5. The maximum atomic E-state index is 11.2. The largest absolute Gasteiger partial charge is 0.463 e. The molecule has 0 amide bonds. The minimum atomic E-state index is -1.18. The highest BCUT2D eigenvalue weighted by molar-refractivity contribution is 5.66. The van der Waals surface area contributed by atoms with Gasteiger partial charge in [0.25, 0.3) is 0 Å². The van der Waals surface area contributed by atoms with Crippen LogP contribution in [0, 0.1) is 23.2 Å². The number of allylic oxidation sites excluding steroid dienone is 1. The summed E-state index contributed by atoms with van der Waals surface area (Å²) in [7, 11) is 0. The van der Waals surface area contributed by atoms with Crippen molar-refractivity contribution in [3.8, 4) is 11.8 Å². The van der Waals surface area contributed by atoms with Gasteiger partial charge in [0.1, 0.15) is 18.3 Å². The highest BCUT2D eigenvalue weighted by atomic mass is 16.5. The van der Waals surface area contributed by atoms with Crippen molar-refractivity contribution >= 4 is 11.9 Å². The Kier molecular flexibility index (Phi) is 6.62. The first-order valence-electron chi connectivity index (χ1n) is 8.21. The molecule has 24 heavy (non-hydrogen) atoms. The molecule has 0 aliphatic heterocycles. The quantitative estimate of drug-likeness (QED) is 0.633. The SMILES string of the molecule is CC(=O)OCC=C(C)C#C[C@]1(O)[C@H](C)C[C@@H](OC(C)=O)CC1(C)C. The fraction of sp³-hybridized carbons (Fsp3) is 0.684. The first-order valence-corrected chi connectivity index (χ1v) is 8.21. The summed E-state index contributed by atoms with van der Waals surface area (Å²) in [6.07, 6.45) is 2.64. The van der Waals surface area contributed by atoms with E-state index in [0.717, 1.165) is 5.57 Å². The van der Waals surface area contributed by atoms with Crippen LogP contribution in [0.25, 0.3) is 0 Å². The van der Waals surface area contributed by atoms with Crippen LogP contribution in [0.2, 0.25) is 0 Å². The summed E-state index contributed by atoms with van der Waals surface area (Å²) in [5.74, 6) is 5.19. The third-order valence-corrected chi connectivity index (χ3v) is 4.56. The summed E-state index contributed by atoms with van der Waals surface area (Å²) in [5.41, 5.74) is -0.969. The van der Waals surface area contributed by atoms with Gasteiger partial charge in [-0.2, -0.15) is 0 Å². The Morgan fingerprint density at radius 1 is 1.25 bits per heavy atom. The fourth-order valence-corrected chi connectivity index (χ4v) is 3.19. The van der Waals surface area contributed by atoms with Crippen molar-refractivity contribution < 1.29 is 24.2 Å². The molecule has 0 aromatic rings. The lowest BCUT2D eigenvalue weighted by molar-refractivity contribution is -0.164. The predicted molar refractivity (Wildman–Crippen MR) is 90.8 cm³/mol. The van der Waals surface area contributed by atoms with Crippen LogP contribution in [-0.4, -0.2) is 35.4 Å². The predicted octanol–water partition coefficient (Wildman–Crippen LogP) is 2.62. The van der Waals surface area contributed by atoms with Gasteiger partial charge in [0, 0.05) is 25.2 Å². The van der Waals surface area contributed by atoms with Gasteiger partial charge < -0.3 is 14.6 Å². The molecule has 0 aromatic heterocycles. The Morgan fingerprint density at radius 3 is 2.38 bits per heavy atom. The van der Waals surface area contributed by atoms with Gasteiger partial charge in [-0.15, -0.1) is 0 Å². The third kappa shape index (κ3) is 5.10. The monoisotopic (exact) mass is 336 g/mol. The molecule has 1 saturated carbocycles. The average molecular weight is 336 g/mol. The van der Waals surface area contributed by atoms with Crippen molar-refractivity contribution in [3.05, 3.63) is 11.6 Å². The fourth-order valence-electron chi connectivity index (χ4n) is 3.19. The molecule has 0 unspecified atom stereocenters. The number of aliphatic hydroxyl groups is 1. The number of hydrogen-bond acceptors (Lipinski definition) is 5. The van der Waals surface area contributed by atoms with Crippen LogP contribution in [0.1, 0.15) is 54.4 Å². The van der Waals surface area contributed by atoms with E-state index in [2.05, 4.69) is 11.8 Å². The summed E-state index contributed by atoms with van der Waals surface area (Å²) < 4.78 is 10.2. The summed E-state index contributed by atoms with van der Waals surface area (Å²) in [6, 6.07) is 0. The smallest absolute Gasteiger partial charge is 0.302 e. The third-order valence-electron chi connectivity index (χ3n) is 4.56. The molecule has 1 aliphatic rings. The molecule has 5 heteroatoms. The summed E-state index contributed by atoms with van der Waals surface area (Å²) in [6.45, 7) is 10.5. The summed E-state index contributed by atoms with van der Waals surface area (Å²) in [5, 5.41) is 11.2. The van der Waals surface area contributed by atoms with Crippen LogP contribution >= 0.6 is 0 Å². The van der Waals surface area contributed by atoms with Gasteiger partial charge in [-0.25, -0.2) is 0 Å². The second kappa shape index (κ2) is 7.85. The van der Waals surface area contributed by atoms with E-state index in [1.807, 2.05) is 27.7 Å². The molecule has 1 rings (SSSR count). The lowest BCUT2D eigenvalue weighted by Crippen LogP contribution is -2.55. The van der Waals surface area contributed by atoms with Crippen LogP contribution in [-0.2, 0) is 19.1 Å². The van der Waals surface area contributed by atoms with Crippen LogP contribution in [0.4, 0.5) is 0 Å². The van der Waals surface area contributed by atoms with Gasteiger partial charge in [0.15, 0.2) is 0 Å². The second-order valence-corrected chi connectivity index (χ2v) is 7.16. The standard InChI is InChI=1S/C19H28O5/c1-13(8-10-23-15(3)20)7-9-19(22)14(2)11-17(24-16(4)21)12-18(19,5)6/h8,14,17,22H,10-12H2,1-6H3/t14-,17-,19+/m1/s1. The molecule has 0 saturated heterocycles. The van der Waals surface area contributed by atoms with Crippen molar-refractivity contribution in [1.29, 1.82) is 0 Å². The van der Waals surface area contributed by atoms with Crippen molar-refractivity contribution in [3.63, 3.8) is 0 Å². The van der Waals surface area contributed by atoms with E-state index in [-0.39, 0.29) is 30.6 Å². The van der Waals surface area contributed by atoms with E-state index in [1.54, 1.807) is 6.08 Å². The van der Waals surface area contributed by atoms with Crippen LogP contribution in [0.5, 0.6) is 0 Å². The highest BCUT2D eigenvalue weighted by Gasteiger charge is 2.52. The highest BCUT2D eigenvalue weighted by Crippen LogP contribution is 2.47. The maximum absolute atomic E-state index is 11.2. The molecule has 134 valence electrons. The van der Waals surface area contributed by atoms with Crippen LogP contribution in [0.15, 0.2) is 11.6 Å². The Balaban J connectivity index is 2.91. The number of hydrogen-bond donors (Lipinski definition) is 1. The molecule has 3 atom stereocenters. The van der Waals surface area contributed by atoms with Gasteiger partial charge in [-0.05, 0) is 31.4 Å². The zero-order valence-electron chi connectivity index (χ0n) is 15.4. The molecule has 0 radical (unpaired) electrons. The zero-order chi connectivity index (χ0) is 18.5. The van der Waals surface area contributed by atoms with Gasteiger partial charge in [0.05, 0.1) is 0 Å². The van der Waals surface area contributed by atoms with E-state index in [0.29, 0.717) is 12.8 Å². The lowest BCUT2D eigenvalue weighted by Gasteiger charge is -2.49. The Morgan fingerprint density at radius 2 is 1.88 bits per heavy atom. The molecule has 0 aromatic carbocycles. The topological polar surface area (TPSA) is 72.8 Å². The van der Waals surface area contributed by atoms with Crippen molar-refractivity contribution in [2.75, 3.05) is 6.61 Å². The lowest BCUT2D eigenvalue weighted by atomic mass is 9.60. The van der Waals surface area contributed by atoms with Crippen molar-refractivity contribution in [2.24, 2.45) is 11.3 Å². The first kappa shape index (κ1) is 20.2. The van der Waals surface area contributed by atoms with Gasteiger partial charge in [0.2, 0.25) is 0 Å². The van der Waals surface area contributed by atoms with Gasteiger partial charge in [-0.3, -0.25) is 9.59 Å². The summed E-state index contributed by atoms with van der Waals surface area (Å²) >= 11 is 0. The Hall–Kier alpha value is -1.80. The Bertz CT molecular complexity index is 578. The van der Waals surface area contributed by atoms with E-state index in [9.17, 15) is 14.7 Å². The second-order valence-electron chi connectivity index (χ2n) is 7.16. The number of rotatable bonds is 3. The van der Waals surface area contributed by atoms with Gasteiger partial charge >= 0.3 is 11.9 Å².